The van der Waals surface area contributed by atoms with E-state index in [1.807, 2.05) is 0 Å². The maximum Gasteiger partial charge on any atom is 0.224 e. The van der Waals surface area contributed by atoms with Gasteiger partial charge in [-0.15, -0.1) is 35.3 Å². The summed E-state index contributed by atoms with van der Waals surface area (Å²) in [4.78, 5) is 19.2. The average molecular weight is 576 g/mol. The van der Waals surface area contributed by atoms with Crippen molar-refractivity contribution in [1.29, 1.82) is 0 Å². The molecule has 1 fully saturated rings. The molecule has 0 saturated carbocycles. The van der Waals surface area contributed by atoms with Crippen molar-refractivity contribution in [3.63, 3.8) is 0 Å². The summed E-state index contributed by atoms with van der Waals surface area (Å²) in [6.45, 7) is 5.61. The van der Waals surface area contributed by atoms with Gasteiger partial charge < -0.3 is 20.9 Å². The van der Waals surface area contributed by atoms with Gasteiger partial charge in [0.15, 0.2) is 5.96 Å². The van der Waals surface area contributed by atoms with Gasteiger partial charge in [0.25, 0.3) is 0 Å². The number of benzene rings is 1. The standard InChI is InChI=1S/C22H30ClN5OS.HI/c1-2-24-22(27-19-11-14-28(15-12-19)21-6-4-16-30-21)25-13-3-5-20(29)26-18-9-7-17(23)8-10-18;/h4,6-10,16,19H,2-3,5,11-15H2,1H3,(H,26,29)(H2,24,25,27);1H. The zero-order valence-electron chi connectivity index (χ0n) is 17.8. The van der Waals surface area contributed by atoms with Gasteiger partial charge in [0.2, 0.25) is 5.91 Å². The van der Waals surface area contributed by atoms with E-state index in [2.05, 4.69) is 50.3 Å². The Morgan fingerprint density at radius 2 is 1.97 bits per heavy atom. The Labute approximate surface area is 210 Å². The van der Waals surface area contributed by atoms with Crippen LogP contribution < -0.4 is 20.9 Å². The molecule has 1 aliphatic heterocycles. The molecule has 0 radical (unpaired) electrons. The average Bonchev–Trinajstić information content (AvgIpc) is 3.28. The van der Waals surface area contributed by atoms with Gasteiger partial charge in [-0.3, -0.25) is 9.79 Å². The first kappa shape index (κ1) is 25.7. The minimum absolute atomic E-state index is 0. The first-order valence-electron chi connectivity index (χ1n) is 10.5. The molecule has 2 aromatic rings. The number of aliphatic imine (C=N–C) groups is 1. The number of halogens is 2. The van der Waals surface area contributed by atoms with Crippen molar-refractivity contribution in [2.45, 2.75) is 38.6 Å². The lowest BCUT2D eigenvalue weighted by atomic mass is 10.1. The molecule has 9 heteroatoms. The van der Waals surface area contributed by atoms with Gasteiger partial charge in [0, 0.05) is 49.4 Å². The lowest BCUT2D eigenvalue weighted by molar-refractivity contribution is -0.116. The van der Waals surface area contributed by atoms with E-state index in [4.69, 9.17) is 11.6 Å². The van der Waals surface area contributed by atoms with Gasteiger partial charge in [-0.25, -0.2) is 0 Å². The maximum absolute atomic E-state index is 12.1. The number of rotatable bonds is 8. The number of carbonyl (C=O) groups is 1. The van der Waals surface area contributed by atoms with Crippen LogP contribution >= 0.6 is 46.9 Å². The highest BCUT2D eigenvalue weighted by Crippen LogP contribution is 2.24. The summed E-state index contributed by atoms with van der Waals surface area (Å²) in [5.41, 5.74) is 0.761. The number of guanidine groups is 1. The van der Waals surface area contributed by atoms with E-state index in [1.54, 1.807) is 35.6 Å². The van der Waals surface area contributed by atoms with Crippen molar-refractivity contribution in [3.05, 3.63) is 46.8 Å². The summed E-state index contributed by atoms with van der Waals surface area (Å²) >= 11 is 7.67. The molecule has 31 heavy (non-hydrogen) atoms. The Kier molecular flexibility index (Phi) is 11.5. The van der Waals surface area contributed by atoms with E-state index in [1.165, 1.54) is 5.00 Å². The molecule has 0 aliphatic carbocycles. The molecule has 0 bridgehead atoms. The van der Waals surface area contributed by atoms with Crippen LogP contribution in [0.1, 0.15) is 32.6 Å². The van der Waals surface area contributed by atoms with Crippen molar-refractivity contribution < 1.29 is 4.79 Å². The third kappa shape index (κ3) is 8.86. The molecule has 0 unspecified atom stereocenters. The predicted octanol–water partition coefficient (Wildman–Crippen LogP) is 4.96. The second-order valence-electron chi connectivity index (χ2n) is 7.28. The highest BCUT2D eigenvalue weighted by Gasteiger charge is 2.20. The molecule has 1 aromatic carbocycles. The zero-order chi connectivity index (χ0) is 21.2. The molecule has 2 heterocycles. The maximum atomic E-state index is 12.1. The minimum atomic E-state index is -0.00793. The monoisotopic (exact) mass is 575 g/mol. The summed E-state index contributed by atoms with van der Waals surface area (Å²) in [7, 11) is 0. The molecule has 1 saturated heterocycles. The van der Waals surface area contributed by atoms with Crippen molar-refractivity contribution in [2.75, 3.05) is 36.4 Å². The van der Waals surface area contributed by atoms with Crippen LogP contribution in [0, 0.1) is 0 Å². The van der Waals surface area contributed by atoms with E-state index >= 15 is 0 Å². The molecule has 0 spiro atoms. The Bertz CT molecular complexity index is 808. The summed E-state index contributed by atoms with van der Waals surface area (Å²) in [6, 6.07) is 11.8. The summed E-state index contributed by atoms with van der Waals surface area (Å²) in [6.07, 6.45) is 3.31. The third-order valence-electron chi connectivity index (χ3n) is 4.96. The van der Waals surface area contributed by atoms with Crippen LogP contribution in [0.3, 0.4) is 0 Å². The summed E-state index contributed by atoms with van der Waals surface area (Å²) in [5, 5.41) is 13.9. The normalized spacial score (nSPS) is 14.6. The molecule has 0 atom stereocenters. The second-order valence-corrected chi connectivity index (χ2v) is 8.64. The predicted molar refractivity (Wildman–Crippen MR) is 143 cm³/mol. The van der Waals surface area contributed by atoms with Gasteiger partial charge in [-0.1, -0.05) is 11.6 Å². The lowest BCUT2D eigenvalue weighted by Crippen LogP contribution is -2.48. The molecule has 1 aromatic heterocycles. The molecular formula is C22H31ClIN5OS. The molecule has 1 aliphatic rings. The first-order valence-corrected chi connectivity index (χ1v) is 11.8. The Balaban J connectivity index is 0.00000341. The fraction of sp³-hybridized carbons (Fsp3) is 0.455. The fourth-order valence-electron chi connectivity index (χ4n) is 3.39. The van der Waals surface area contributed by atoms with Crippen molar-refractivity contribution in [1.82, 2.24) is 10.6 Å². The SMILES string of the molecule is CCNC(=NCCCC(=O)Nc1ccc(Cl)cc1)NC1CCN(c2cccs2)CC1.I. The van der Waals surface area contributed by atoms with Crippen molar-refractivity contribution in [2.24, 2.45) is 4.99 Å². The van der Waals surface area contributed by atoms with Crippen LogP contribution in [0.5, 0.6) is 0 Å². The Morgan fingerprint density at radius 3 is 2.61 bits per heavy atom. The minimum Gasteiger partial charge on any atom is -0.363 e. The third-order valence-corrected chi connectivity index (χ3v) is 6.14. The fourth-order valence-corrected chi connectivity index (χ4v) is 4.31. The number of anilines is 2. The van der Waals surface area contributed by atoms with Gasteiger partial charge in [0.05, 0.1) is 5.00 Å². The molecule has 3 rings (SSSR count). The zero-order valence-corrected chi connectivity index (χ0v) is 21.7. The highest BCUT2D eigenvalue weighted by atomic mass is 127. The number of amides is 1. The van der Waals surface area contributed by atoms with Crippen molar-refractivity contribution >= 4 is 69.5 Å². The second kappa shape index (κ2) is 13.8. The molecule has 170 valence electrons. The number of carbonyl (C=O) groups excluding carboxylic acids is 1. The lowest BCUT2D eigenvalue weighted by Gasteiger charge is -2.33. The molecule has 6 nitrogen and oxygen atoms in total. The summed E-state index contributed by atoms with van der Waals surface area (Å²) in [5.74, 6) is 0.830. The van der Waals surface area contributed by atoms with E-state index in [0.29, 0.717) is 30.5 Å². The van der Waals surface area contributed by atoms with Gasteiger partial charge >= 0.3 is 0 Å². The molecule has 3 N–H and O–H groups in total. The van der Waals surface area contributed by atoms with Crippen LogP contribution in [0.4, 0.5) is 10.7 Å². The van der Waals surface area contributed by atoms with Crippen LogP contribution in [0.25, 0.3) is 0 Å². The summed E-state index contributed by atoms with van der Waals surface area (Å²) < 4.78 is 0. The smallest absolute Gasteiger partial charge is 0.224 e. The number of piperidine rings is 1. The van der Waals surface area contributed by atoms with Gasteiger partial charge in [-0.05, 0) is 68.0 Å². The number of thiophene rings is 1. The number of nitrogens with zero attached hydrogens (tertiary/aromatic N) is 2. The first-order chi connectivity index (χ1) is 14.6. The topological polar surface area (TPSA) is 68.8 Å². The Hall–Kier alpha value is -1.52. The van der Waals surface area contributed by atoms with E-state index in [-0.39, 0.29) is 29.9 Å². The van der Waals surface area contributed by atoms with Crippen LogP contribution in [0.15, 0.2) is 46.8 Å². The number of hydrogen-bond acceptors (Lipinski definition) is 4. The van der Waals surface area contributed by atoms with E-state index < -0.39 is 0 Å². The highest BCUT2D eigenvalue weighted by molar-refractivity contribution is 14.0. The van der Waals surface area contributed by atoms with E-state index in [0.717, 1.165) is 44.1 Å². The largest absolute Gasteiger partial charge is 0.363 e. The number of hydrogen-bond donors (Lipinski definition) is 3. The van der Waals surface area contributed by atoms with Crippen LogP contribution in [-0.4, -0.2) is 44.1 Å². The Morgan fingerprint density at radius 1 is 1.23 bits per heavy atom. The van der Waals surface area contributed by atoms with Crippen LogP contribution in [0.2, 0.25) is 5.02 Å². The van der Waals surface area contributed by atoms with Gasteiger partial charge in [-0.2, -0.15) is 0 Å². The molecular weight excluding hydrogens is 545 g/mol. The van der Waals surface area contributed by atoms with Gasteiger partial charge in [0.1, 0.15) is 0 Å². The van der Waals surface area contributed by atoms with Crippen LogP contribution in [-0.2, 0) is 4.79 Å². The number of nitrogens with one attached hydrogen (secondary N) is 3. The van der Waals surface area contributed by atoms with Crippen molar-refractivity contribution in [3.8, 4) is 0 Å². The van der Waals surface area contributed by atoms with E-state index in [9.17, 15) is 4.79 Å². The quantitative estimate of drug-likeness (QED) is 0.180. The molecule has 1 amide bonds.